The minimum Gasteiger partial charge on any atom is -0.388 e. The van der Waals surface area contributed by atoms with E-state index in [1.54, 1.807) is 0 Å². The molecule has 1 atom stereocenters. The first-order valence-electron chi connectivity index (χ1n) is 7.47. The van der Waals surface area contributed by atoms with E-state index in [0.29, 0.717) is 18.4 Å². The standard InChI is InChI=1S/C15H25N3O/c1-10-8-14(17-18(10)3)11(2)16-9-15(19,12-4-5-12)13-6-7-13/h8,11-13,16,19H,4-7,9H2,1-3H3. The van der Waals surface area contributed by atoms with Gasteiger partial charge in [-0.2, -0.15) is 5.10 Å². The highest BCUT2D eigenvalue weighted by atomic mass is 16.3. The van der Waals surface area contributed by atoms with Crippen LogP contribution in [-0.2, 0) is 7.05 Å². The van der Waals surface area contributed by atoms with Crippen LogP contribution in [0.4, 0.5) is 0 Å². The summed E-state index contributed by atoms with van der Waals surface area (Å²) in [4.78, 5) is 0. The molecular weight excluding hydrogens is 238 g/mol. The van der Waals surface area contributed by atoms with Crippen LogP contribution in [0.2, 0.25) is 0 Å². The lowest BCUT2D eigenvalue weighted by Crippen LogP contribution is -2.45. The molecule has 3 rings (SSSR count). The number of nitrogens with one attached hydrogen (secondary N) is 1. The molecule has 0 aliphatic heterocycles. The number of hydrogen-bond acceptors (Lipinski definition) is 3. The summed E-state index contributed by atoms with van der Waals surface area (Å²) < 4.78 is 1.90. The molecule has 0 radical (unpaired) electrons. The molecule has 2 saturated carbocycles. The summed E-state index contributed by atoms with van der Waals surface area (Å²) in [6.45, 7) is 4.90. The Morgan fingerprint density at radius 2 is 2.00 bits per heavy atom. The van der Waals surface area contributed by atoms with E-state index in [1.165, 1.54) is 31.4 Å². The van der Waals surface area contributed by atoms with E-state index < -0.39 is 5.60 Å². The van der Waals surface area contributed by atoms with Gasteiger partial charge in [0.15, 0.2) is 0 Å². The van der Waals surface area contributed by atoms with Crippen molar-refractivity contribution in [1.82, 2.24) is 15.1 Å². The molecule has 0 spiro atoms. The summed E-state index contributed by atoms with van der Waals surface area (Å²) >= 11 is 0. The quantitative estimate of drug-likeness (QED) is 0.824. The molecule has 1 heterocycles. The number of rotatable bonds is 6. The Bertz CT molecular complexity index is 428. The van der Waals surface area contributed by atoms with Crippen molar-refractivity contribution in [3.8, 4) is 0 Å². The van der Waals surface area contributed by atoms with Gasteiger partial charge < -0.3 is 10.4 Å². The van der Waals surface area contributed by atoms with Gasteiger partial charge in [-0.3, -0.25) is 4.68 Å². The zero-order chi connectivity index (χ0) is 13.6. The lowest BCUT2D eigenvalue weighted by molar-refractivity contribution is -0.00593. The van der Waals surface area contributed by atoms with Crippen molar-refractivity contribution in [2.75, 3.05) is 6.54 Å². The average Bonchev–Trinajstić information content (AvgIpc) is 3.27. The van der Waals surface area contributed by atoms with Crippen molar-refractivity contribution in [1.29, 1.82) is 0 Å². The summed E-state index contributed by atoms with van der Waals surface area (Å²) in [5.41, 5.74) is 1.77. The average molecular weight is 263 g/mol. The zero-order valence-corrected chi connectivity index (χ0v) is 12.2. The minimum atomic E-state index is -0.460. The molecule has 2 aliphatic rings. The van der Waals surface area contributed by atoms with Gasteiger partial charge in [-0.05, 0) is 57.4 Å². The van der Waals surface area contributed by atoms with Crippen molar-refractivity contribution in [2.45, 2.75) is 51.2 Å². The fraction of sp³-hybridized carbons (Fsp3) is 0.800. The first-order chi connectivity index (χ1) is 9.00. The summed E-state index contributed by atoms with van der Waals surface area (Å²) in [6, 6.07) is 2.31. The summed E-state index contributed by atoms with van der Waals surface area (Å²) in [5.74, 6) is 1.07. The van der Waals surface area contributed by atoms with Crippen LogP contribution < -0.4 is 5.32 Å². The maximum absolute atomic E-state index is 10.9. The van der Waals surface area contributed by atoms with Gasteiger partial charge in [0.25, 0.3) is 0 Å². The second-order valence-electron chi connectivity index (χ2n) is 6.48. The van der Waals surface area contributed by atoms with E-state index in [1.807, 2.05) is 11.7 Å². The predicted molar refractivity (Wildman–Crippen MR) is 74.8 cm³/mol. The summed E-state index contributed by atoms with van der Waals surface area (Å²) in [6.07, 6.45) is 4.80. The SMILES string of the molecule is Cc1cc(C(C)NCC(O)(C2CC2)C2CC2)nn1C. The Hall–Kier alpha value is -0.870. The molecule has 0 amide bonds. The maximum Gasteiger partial charge on any atom is 0.0827 e. The van der Waals surface area contributed by atoms with Gasteiger partial charge in [0.1, 0.15) is 0 Å². The Morgan fingerprint density at radius 1 is 1.42 bits per heavy atom. The fourth-order valence-electron chi connectivity index (χ4n) is 3.01. The van der Waals surface area contributed by atoms with Gasteiger partial charge in [-0.15, -0.1) is 0 Å². The van der Waals surface area contributed by atoms with Crippen LogP contribution in [0, 0.1) is 18.8 Å². The number of nitrogens with zero attached hydrogens (tertiary/aromatic N) is 2. The Morgan fingerprint density at radius 3 is 2.42 bits per heavy atom. The number of aliphatic hydroxyl groups is 1. The molecule has 1 aromatic rings. The van der Waals surface area contributed by atoms with Gasteiger partial charge in [0.05, 0.1) is 11.3 Å². The topological polar surface area (TPSA) is 50.1 Å². The maximum atomic E-state index is 10.9. The lowest BCUT2D eigenvalue weighted by atomic mass is 9.91. The highest BCUT2D eigenvalue weighted by Gasteiger charge is 2.52. The van der Waals surface area contributed by atoms with Crippen LogP contribution >= 0.6 is 0 Å². The third kappa shape index (κ3) is 2.56. The predicted octanol–water partition coefficient (Wildman–Crippen LogP) is 1.93. The van der Waals surface area contributed by atoms with Gasteiger partial charge in [-0.1, -0.05) is 0 Å². The molecule has 4 nitrogen and oxygen atoms in total. The molecule has 0 saturated heterocycles. The molecule has 2 N–H and O–H groups in total. The first-order valence-corrected chi connectivity index (χ1v) is 7.47. The van der Waals surface area contributed by atoms with Crippen LogP contribution in [0.3, 0.4) is 0 Å². The van der Waals surface area contributed by atoms with Gasteiger partial charge in [0, 0.05) is 25.3 Å². The highest BCUT2D eigenvalue weighted by Crippen LogP contribution is 2.51. The van der Waals surface area contributed by atoms with Crippen LogP contribution in [0.1, 0.15) is 50.0 Å². The Labute approximate surface area is 115 Å². The van der Waals surface area contributed by atoms with Crippen molar-refractivity contribution >= 4 is 0 Å². The normalized spacial score (nSPS) is 21.7. The molecule has 0 bridgehead atoms. The molecule has 19 heavy (non-hydrogen) atoms. The van der Waals surface area contributed by atoms with E-state index in [2.05, 4.69) is 30.3 Å². The molecule has 2 aliphatic carbocycles. The summed E-state index contributed by atoms with van der Waals surface area (Å²) in [5, 5.41) is 18.9. The van der Waals surface area contributed by atoms with Gasteiger partial charge >= 0.3 is 0 Å². The van der Waals surface area contributed by atoms with E-state index in [0.717, 1.165) is 5.69 Å². The monoisotopic (exact) mass is 263 g/mol. The van der Waals surface area contributed by atoms with Crippen LogP contribution in [0.15, 0.2) is 6.07 Å². The highest BCUT2D eigenvalue weighted by molar-refractivity contribution is 5.13. The second kappa shape index (κ2) is 4.60. The molecule has 1 unspecified atom stereocenters. The smallest absolute Gasteiger partial charge is 0.0827 e. The molecule has 0 aromatic carbocycles. The third-order valence-electron chi connectivity index (χ3n) is 4.84. The van der Waals surface area contributed by atoms with Crippen molar-refractivity contribution in [2.24, 2.45) is 18.9 Å². The molecule has 4 heteroatoms. The van der Waals surface area contributed by atoms with E-state index >= 15 is 0 Å². The van der Waals surface area contributed by atoms with Gasteiger partial charge in [-0.25, -0.2) is 0 Å². The molecule has 2 fully saturated rings. The first kappa shape index (κ1) is 13.1. The largest absolute Gasteiger partial charge is 0.388 e. The van der Waals surface area contributed by atoms with Crippen molar-refractivity contribution in [3.05, 3.63) is 17.5 Å². The molecular formula is C15H25N3O. The van der Waals surface area contributed by atoms with Crippen molar-refractivity contribution in [3.63, 3.8) is 0 Å². The molecule has 1 aromatic heterocycles. The van der Waals surface area contributed by atoms with E-state index in [9.17, 15) is 5.11 Å². The number of aromatic nitrogens is 2. The fourth-order valence-corrected chi connectivity index (χ4v) is 3.01. The van der Waals surface area contributed by atoms with Crippen molar-refractivity contribution < 1.29 is 5.11 Å². The second-order valence-corrected chi connectivity index (χ2v) is 6.48. The molecule has 106 valence electrons. The van der Waals surface area contributed by atoms with Crippen LogP contribution in [-0.4, -0.2) is 27.0 Å². The third-order valence-corrected chi connectivity index (χ3v) is 4.84. The van der Waals surface area contributed by atoms with Crippen LogP contribution in [0.5, 0.6) is 0 Å². The van der Waals surface area contributed by atoms with E-state index in [4.69, 9.17) is 0 Å². The summed E-state index contributed by atoms with van der Waals surface area (Å²) in [7, 11) is 1.97. The lowest BCUT2D eigenvalue weighted by Gasteiger charge is -2.30. The minimum absolute atomic E-state index is 0.198. The van der Waals surface area contributed by atoms with Gasteiger partial charge in [0.2, 0.25) is 0 Å². The number of hydrogen-bond donors (Lipinski definition) is 2. The van der Waals surface area contributed by atoms with E-state index in [-0.39, 0.29) is 6.04 Å². The zero-order valence-electron chi connectivity index (χ0n) is 12.2. The van der Waals surface area contributed by atoms with Crippen LogP contribution in [0.25, 0.3) is 0 Å². The Balaban J connectivity index is 1.61. The number of aryl methyl sites for hydroxylation is 2. The Kier molecular flexibility index (Phi) is 3.18.